The Hall–Kier alpha value is 0. The van der Waals surface area contributed by atoms with Gasteiger partial charge in [0.15, 0.2) is 0 Å². The summed E-state index contributed by atoms with van der Waals surface area (Å²) in [4.78, 5) is 0. The third-order valence-electron chi connectivity index (χ3n) is 0.338. The van der Waals surface area contributed by atoms with Crippen LogP contribution >= 0.6 is 0 Å². The van der Waals surface area contributed by atoms with E-state index in [-0.39, 0.29) is 0 Å². The number of hydrogen-bond donors (Lipinski definition) is 0. The topological polar surface area (TPSA) is 0 Å². The Morgan fingerprint density at radius 2 is 2.00 bits per heavy atom. The lowest BCUT2D eigenvalue weighted by Crippen LogP contribution is -1.70. The van der Waals surface area contributed by atoms with Crippen molar-refractivity contribution in [2.45, 2.75) is 45.7 Å². The van der Waals surface area contributed by atoms with Crippen LogP contribution in [0, 0.1) is 0 Å². The van der Waals surface area contributed by atoms with Crippen LogP contribution in [-0.2, 0) is 0 Å². The maximum absolute atomic E-state index is 7.50. The van der Waals surface area contributed by atoms with Gasteiger partial charge in [-0.1, -0.05) is 45.7 Å². The molecule has 0 aromatic rings. The molecule has 0 aromatic heterocycles. The molecule has 0 aliphatic carbocycles. The Labute approximate surface area is 62.4 Å². The molecule has 0 aromatic carbocycles. The lowest BCUT2D eigenvalue weighted by molar-refractivity contribution is 0.656. The number of rotatable bonds is 4. The average molecular weight is 111 g/mol. The molecule has 0 aliphatic heterocycles. The van der Waals surface area contributed by atoms with Crippen LogP contribution in [0.4, 0.5) is 0 Å². The van der Waals surface area contributed by atoms with Gasteiger partial charge in [-0.15, -0.1) is 0 Å². The largest absolute Gasteiger partial charge is 0.0654 e. The second kappa shape index (κ2) is 6.00. The fourth-order valence-electron chi connectivity index (χ4n) is 0.138. The summed E-state index contributed by atoms with van der Waals surface area (Å²) in [6, 6.07) is 0. The normalized spacial score (nSPS) is 42.7. The third-order valence-corrected chi connectivity index (χ3v) is 0.338. The van der Waals surface area contributed by atoms with Gasteiger partial charge in [-0.05, 0) is 0 Å². The summed E-state index contributed by atoms with van der Waals surface area (Å²) >= 11 is 0. The van der Waals surface area contributed by atoms with Crippen LogP contribution in [0.1, 0.15) is 60.8 Å². The number of hydrogen-bond acceptors (Lipinski definition) is 0. The first-order valence-corrected chi connectivity index (χ1v) is 1.85. The summed E-state index contributed by atoms with van der Waals surface area (Å²) in [5.41, 5.74) is 0. The highest BCUT2D eigenvalue weighted by Gasteiger charge is 1.80. The molecule has 44 valence electrons. The maximum atomic E-state index is 7.50. The molecule has 0 fully saturated rings. The van der Waals surface area contributed by atoms with Crippen LogP contribution in [0.5, 0.6) is 0 Å². The Bertz CT molecular complexity index is 299. The minimum atomic E-state index is -3.44. The van der Waals surface area contributed by atoms with Gasteiger partial charge < -0.3 is 0 Å². The monoisotopic (exact) mass is 111 g/mol. The van der Waals surface area contributed by atoms with Gasteiger partial charge in [-0.2, -0.15) is 0 Å². The van der Waals surface area contributed by atoms with Crippen molar-refractivity contribution >= 4 is 0 Å². The van der Waals surface area contributed by atoms with Crippen LogP contribution < -0.4 is 0 Å². The van der Waals surface area contributed by atoms with Crippen molar-refractivity contribution in [3.05, 3.63) is 0 Å². The lowest BCUT2D eigenvalue weighted by atomic mass is 10.2. The van der Waals surface area contributed by atoms with E-state index in [1.54, 1.807) is 0 Å². The van der Waals surface area contributed by atoms with Gasteiger partial charge in [-0.3, -0.25) is 0 Å². The van der Waals surface area contributed by atoms with Crippen LogP contribution in [0.2, 0.25) is 0 Å². The first-order chi connectivity index (χ1) is 7.56. The Morgan fingerprint density at radius 1 is 1.29 bits per heavy atom. The quantitative estimate of drug-likeness (QED) is 0.523. The molecule has 0 saturated carbocycles. The van der Waals surface area contributed by atoms with Gasteiger partial charge >= 0.3 is 0 Å². The van der Waals surface area contributed by atoms with Crippen molar-refractivity contribution < 1.29 is 15.1 Å². The van der Waals surface area contributed by atoms with E-state index in [1.165, 1.54) is 0 Å². The van der Waals surface area contributed by atoms with Gasteiger partial charge in [0.05, 0.1) is 0 Å². The zero-order valence-corrected chi connectivity index (χ0v) is 4.21. The van der Waals surface area contributed by atoms with Crippen molar-refractivity contribution in [3.63, 3.8) is 0 Å². The molecule has 0 saturated heterocycles. The summed E-state index contributed by atoms with van der Waals surface area (Å²) in [5.74, 6) is 0. The molecule has 0 heterocycles. The van der Waals surface area contributed by atoms with Crippen molar-refractivity contribution in [1.29, 1.82) is 0 Å². The van der Waals surface area contributed by atoms with Crippen molar-refractivity contribution in [1.82, 2.24) is 0 Å². The molecule has 7 heavy (non-hydrogen) atoms. The zero-order valence-electron chi connectivity index (χ0n) is 15.2. The van der Waals surface area contributed by atoms with E-state index < -0.39 is 38.8 Å². The third kappa shape index (κ3) is 6.00. The van der Waals surface area contributed by atoms with E-state index in [9.17, 15) is 0 Å². The molecule has 0 amide bonds. The molecule has 0 heteroatoms. The maximum Gasteiger partial charge on any atom is 0.0267 e. The molecule has 0 N–H and O–H groups in total. The zero-order chi connectivity index (χ0) is 15.2. The Morgan fingerprint density at radius 3 is 2.57 bits per heavy atom. The van der Waals surface area contributed by atoms with Crippen molar-refractivity contribution in [2.24, 2.45) is 0 Å². The van der Waals surface area contributed by atoms with E-state index >= 15 is 0 Å². The average Bonchev–Trinajstić information content (AvgIpc) is 2.15. The lowest BCUT2D eigenvalue weighted by Gasteiger charge is -1.90. The van der Waals surface area contributed by atoms with E-state index in [0.717, 1.165) is 6.92 Å². The summed E-state index contributed by atoms with van der Waals surface area (Å²) in [5, 5.41) is 0. The fourth-order valence-corrected chi connectivity index (χ4v) is 0.138. The highest BCUT2D eigenvalue weighted by atomic mass is 13.9. The van der Waals surface area contributed by atoms with E-state index in [4.69, 9.17) is 15.1 Å². The summed E-state index contributed by atoms with van der Waals surface area (Å²) in [7, 11) is 0. The molecule has 0 nitrogen and oxygen atoms in total. The molecule has 0 radical (unpaired) electrons. The van der Waals surface area contributed by atoms with Crippen LogP contribution in [-0.4, -0.2) is 0 Å². The van der Waals surface area contributed by atoms with Gasteiger partial charge in [0.1, 0.15) is 0 Å². The van der Waals surface area contributed by atoms with Gasteiger partial charge in [0.2, 0.25) is 0 Å². The second-order valence-corrected chi connectivity index (χ2v) is 0.802. The first kappa shape index (κ1) is 0.872. The van der Waals surface area contributed by atoms with Gasteiger partial charge in [0.25, 0.3) is 0 Å². The molecule has 0 aliphatic rings. The summed E-state index contributed by atoms with van der Waals surface area (Å²) < 4.78 is 80.8. The molecule has 0 unspecified atom stereocenters. The smallest absolute Gasteiger partial charge is 0.0267 e. The van der Waals surface area contributed by atoms with Crippen LogP contribution in [0.25, 0.3) is 0 Å². The van der Waals surface area contributed by atoms with E-state index in [0.29, 0.717) is 0 Å². The molecule has 0 spiro atoms. The summed E-state index contributed by atoms with van der Waals surface area (Å²) in [6.45, 7) is -0.334. The van der Waals surface area contributed by atoms with Crippen LogP contribution in [0.15, 0.2) is 0 Å². The predicted molar refractivity (Wildman–Crippen MR) is 34.4 cm³/mol. The molecular weight excluding hydrogens is 84.1 g/mol. The SMILES string of the molecule is [2H]CC([2H])([2H])C([2H])([2H])C([2H])([2H])C([2H])([2H])C([2H])([2H])C. The molecule has 0 bridgehead atoms. The molecule has 0 atom stereocenters. The van der Waals surface area contributed by atoms with Gasteiger partial charge in [-0.25, -0.2) is 0 Å². The summed E-state index contributed by atoms with van der Waals surface area (Å²) in [6.07, 6.45) is -15.7. The Kier molecular flexibility index (Phi) is 0.747. The van der Waals surface area contributed by atoms with Crippen LogP contribution in [0.3, 0.4) is 0 Å². The molecular formula is C7H16. The fraction of sp³-hybridized carbons (Fsp3) is 1.00. The van der Waals surface area contributed by atoms with Crippen molar-refractivity contribution in [3.8, 4) is 0 Å². The van der Waals surface area contributed by atoms with Crippen molar-refractivity contribution in [2.75, 3.05) is 0 Å². The minimum Gasteiger partial charge on any atom is -0.0654 e. The Balaban J connectivity index is 5.80. The van der Waals surface area contributed by atoms with E-state index in [1.807, 2.05) is 0 Å². The predicted octanol–water partition coefficient (Wildman–Crippen LogP) is 2.98. The first-order valence-electron chi connectivity index (χ1n) is 7.56. The minimum absolute atomic E-state index is 0.761. The standard InChI is InChI=1S/C7H16/c1-3-5-7-6-4-2/h3-7H2,1-2H3/i1D,3D2,4D2,5D2,6D2,7D2. The second-order valence-electron chi connectivity index (χ2n) is 0.802. The highest BCUT2D eigenvalue weighted by Crippen LogP contribution is 2.00. The molecule has 0 rings (SSSR count). The van der Waals surface area contributed by atoms with Gasteiger partial charge in [0, 0.05) is 15.1 Å². The van der Waals surface area contributed by atoms with E-state index in [2.05, 4.69) is 0 Å². The highest BCUT2D eigenvalue weighted by molar-refractivity contribution is 4.35.